The van der Waals surface area contributed by atoms with Crippen LogP contribution in [0.4, 0.5) is 27.1 Å². The first-order valence-electron chi connectivity index (χ1n) is 10.7. The molecule has 0 spiro atoms. The molecule has 0 aliphatic carbocycles. The van der Waals surface area contributed by atoms with Gasteiger partial charge in [0.25, 0.3) is 11.8 Å². The number of nitrogen functional groups attached to an aromatic ring is 1. The van der Waals surface area contributed by atoms with Gasteiger partial charge in [0, 0.05) is 22.8 Å². The van der Waals surface area contributed by atoms with Crippen LogP contribution < -0.4 is 15.8 Å². The SMILES string of the molecule is Nc1nc(/C(=N/O)C(=O)NC2C(=O)N3C(C(=O)O)=C(COc4ccc(F)c(F)c4)CS[C@H]23)cs1.O=C(O)C(F)(F)F. The van der Waals surface area contributed by atoms with Crippen molar-refractivity contribution in [2.24, 2.45) is 5.16 Å². The lowest BCUT2D eigenvalue weighted by Crippen LogP contribution is -2.71. The molecule has 2 atom stereocenters. The number of carbonyl (C=O) groups is 4. The zero-order valence-corrected chi connectivity index (χ0v) is 21.5. The second-order valence-corrected chi connectivity index (χ2v) is 9.80. The Balaban J connectivity index is 0.000000587. The molecular formula is C21H16F5N5O8S2. The first-order chi connectivity index (χ1) is 19.1. The summed E-state index contributed by atoms with van der Waals surface area (Å²) in [5, 5.41) is 32.2. The van der Waals surface area contributed by atoms with Crippen LogP contribution in [0.5, 0.6) is 5.75 Å². The van der Waals surface area contributed by atoms with Gasteiger partial charge in [-0.05, 0) is 12.1 Å². The normalized spacial score (nSPS) is 18.5. The highest BCUT2D eigenvalue weighted by molar-refractivity contribution is 8.00. The summed E-state index contributed by atoms with van der Waals surface area (Å²) in [5.41, 5.74) is 5.02. The predicted octanol–water partition coefficient (Wildman–Crippen LogP) is 1.63. The van der Waals surface area contributed by atoms with Gasteiger partial charge < -0.3 is 31.2 Å². The Labute approximate surface area is 233 Å². The van der Waals surface area contributed by atoms with Gasteiger partial charge in [-0.2, -0.15) is 13.2 Å². The van der Waals surface area contributed by atoms with Gasteiger partial charge in [0.05, 0.1) is 0 Å². The summed E-state index contributed by atoms with van der Waals surface area (Å²) in [4.78, 5) is 50.9. The third kappa shape index (κ3) is 7.01. The number of alkyl halides is 3. The summed E-state index contributed by atoms with van der Waals surface area (Å²) >= 11 is 2.20. The molecule has 20 heteroatoms. The van der Waals surface area contributed by atoms with E-state index in [1.807, 2.05) is 0 Å². The van der Waals surface area contributed by atoms with Gasteiger partial charge in [-0.25, -0.2) is 23.4 Å². The Morgan fingerprint density at radius 1 is 1.22 bits per heavy atom. The van der Waals surface area contributed by atoms with E-state index in [2.05, 4.69) is 15.5 Å². The van der Waals surface area contributed by atoms with Crippen molar-refractivity contribution in [1.29, 1.82) is 0 Å². The number of carbonyl (C=O) groups excluding carboxylic acids is 2. The lowest BCUT2D eigenvalue weighted by Gasteiger charge is -2.49. The number of oxime groups is 1. The molecule has 2 aliphatic rings. The maximum atomic E-state index is 13.4. The quantitative estimate of drug-likeness (QED) is 0.0983. The Hall–Kier alpha value is -4.46. The van der Waals surface area contributed by atoms with Crippen LogP contribution >= 0.6 is 23.1 Å². The van der Waals surface area contributed by atoms with Gasteiger partial charge in [0.15, 0.2) is 22.5 Å². The van der Waals surface area contributed by atoms with E-state index in [9.17, 15) is 46.6 Å². The molecule has 1 aromatic carbocycles. The molecule has 4 rings (SSSR count). The number of ether oxygens (including phenoxy) is 1. The van der Waals surface area contributed by atoms with Gasteiger partial charge >= 0.3 is 18.1 Å². The van der Waals surface area contributed by atoms with E-state index in [1.165, 1.54) is 23.2 Å². The third-order valence-electron chi connectivity index (χ3n) is 5.16. The molecule has 220 valence electrons. The number of hydrogen-bond donors (Lipinski definition) is 5. The number of amides is 2. The summed E-state index contributed by atoms with van der Waals surface area (Å²) < 4.78 is 63.6. The fourth-order valence-electron chi connectivity index (χ4n) is 3.35. The number of fused-ring (bicyclic) bond motifs is 1. The molecule has 1 saturated heterocycles. The largest absolute Gasteiger partial charge is 0.490 e. The van der Waals surface area contributed by atoms with Crippen LogP contribution in [0, 0.1) is 11.6 Å². The fourth-order valence-corrected chi connectivity index (χ4v) is 5.23. The zero-order chi connectivity index (χ0) is 30.6. The standard InChI is InChI=1S/C19H15F2N5O6S2.C2HF3O2/c20-9-2-1-8(3-10(9)21)32-4-7-5-33-17-13(16(28)26(17)14(7)18(29)30)24-15(27)12(25-31)11-6-34-19(22)23-11;3-2(4,5)1(6)7/h1-3,6,13,17,31H,4-5H2,(H2,22,23)(H,24,27)(H,29,30);(H,6,7)/b25-12-;/t13?,17-;/m1./s1. The second kappa shape index (κ2) is 12.4. The summed E-state index contributed by atoms with van der Waals surface area (Å²) in [7, 11) is 0. The number of hydrogen-bond acceptors (Lipinski definition) is 11. The zero-order valence-electron chi connectivity index (χ0n) is 19.9. The minimum absolute atomic E-state index is 0.0122. The number of thioether (sulfide) groups is 1. The highest BCUT2D eigenvalue weighted by Crippen LogP contribution is 2.40. The van der Waals surface area contributed by atoms with Crippen LogP contribution in [-0.4, -0.2) is 84.7 Å². The highest BCUT2D eigenvalue weighted by Gasteiger charge is 2.54. The maximum Gasteiger partial charge on any atom is 0.490 e. The minimum Gasteiger partial charge on any atom is -0.489 e. The Morgan fingerprint density at radius 2 is 1.88 bits per heavy atom. The monoisotopic (exact) mass is 625 g/mol. The molecule has 2 aliphatic heterocycles. The van der Waals surface area contributed by atoms with Gasteiger partial charge in [-0.3, -0.25) is 14.5 Å². The molecule has 0 radical (unpaired) electrons. The van der Waals surface area contributed by atoms with E-state index in [0.717, 1.165) is 28.4 Å². The number of nitrogens with one attached hydrogen (secondary N) is 1. The van der Waals surface area contributed by atoms with Crippen LogP contribution in [0.1, 0.15) is 5.69 Å². The summed E-state index contributed by atoms with van der Waals surface area (Å²) in [5.74, 6) is -7.78. The molecule has 13 nitrogen and oxygen atoms in total. The highest BCUT2D eigenvalue weighted by atomic mass is 32.2. The van der Waals surface area contributed by atoms with Gasteiger partial charge in [-0.15, -0.1) is 23.1 Å². The molecule has 2 aromatic rings. The average Bonchev–Trinajstić information content (AvgIpc) is 3.33. The molecule has 0 saturated carbocycles. The smallest absolute Gasteiger partial charge is 0.489 e. The van der Waals surface area contributed by atoms with Gasteiger partial charge in [0.1, 0.15) is 35.2 Å². The van der Waals surface area contributed by atoms with Gasteiger partial charge in [-0.1, -0.05) is 5.16 Å². The molecule has 1 fully saturated rings. The number of carboxylic acid groups (broad SMARTS) is 2. The predicted molar refractivity (Wildman–Crippen MR) is 130 cm³/mol. The van der Waals surface area contributed by atoms with Crippen LogP contribution in [0.15, 0.2) is 40.0 Å². The van der Waals surface area contributed by atoms with Crippen molar-refractivity contribution >= 4 is 57.7 Å². The average molecular weight is 626 g/mol. The first kappa shape index (κ1) is 31.1. The van der Waals surface area contributed by atoms with Crippen molar-refractivity contribution < 1.29 is 61.3 Å². The Bertz CT molecular complexity index is 1450. The molecule has 6 N–H and O–H groups in total. The first-order valence-corrected chi connectivity index (χ1v) is 12.6. The molecule has 2 amide bonds. The molecule has 1 aromatic heterocycles. The number of aliphatic carboxylic acids is 2. The number of thiazole rings is 1. The second-order valence-electron chi connectivity index (χ2n) is 7.81. The number of halogens is 5. The van der Waals surface area contributed by atoms with E-state index in [-0.39, 0.29) is 40.2 Å². The lowest BCUT2D eigenvalue weighted by atomic mass is 10.0. The van der Waals surface area contributed by atoms with Crippen LogP contribution in [0.3, 0.4) is 0 Å². The molecule has 1 unspecified atom stereocenters. The molecule has 0 bridgehead atoms. The van der Waals surface area contributed by atoms with E-state index >= 15 is 0 Å². The van der Waals surface area contributed by atoms with Crippen LogP contribution in [0.2, 0.25) is 0 Å². The van der Waals surface area contributed by atoms with E-state index < -0.39 is 58.7 Å². The maximum absolute atomic E-state index is 13.4. The topological polar surface area (TPSA) is 205 Å². The molecular weight excluding hydrogens is 609 g/mol. The summed E-state index contributed by atoms with van der Waals surface area (Å²) in [6.45, 7) is -0.278. The Kier molecular flexibility index (Phi) is 9.38. The van der Waals surface area contributed by atoms with Crippen molar-refractivity contribution in [3.8, 4) is 5.75 Å². The van der Waals surface area contributed by atoms with E-state index in [0.29, 0.717) is 0 Å². The fraction of sp³-hybridized carbons (Fsp3) is 0.238. The minimum atomic E-state index is -5.08. The van der Waals surface area contributed by atoms with E-state index in [1.54, 1.807) is 0 Å². The van der Waals surface area contributed by atoms with Crippen molar-refractivity contribution in [2.75, 3.05) is 18.1 Å². The number of nitrogens with two attached hydrogens (primary N) is 1. The number of carboxylic acids is 2. The Morgan fingerprint density at radius 3 is 2.39 bits per heavy atom. The number of nitrogens with zero attached hydrogens (tertiary/aromatic N) is 3. The van der Waals surface area contributed by atoms with Gasteiger partial charge in [0.2, 0.25) is 0 Å². The molecule has 41 heavy (non-hydrogen) atoms. The van der Waals surface area contributed by atoms with Crippen LogP contribution in [0.25, 0.3) is 0 Å². The van der Waals surface area contributed by atoms with Crippen molar-refractivity contribution in [3.63, 3.8) is 0 Å². The van der Waals surface area contributed by atoms with E-state index in [4.69, 9.17) is 20.4 Å². The van der Waals surface area contributed by atoms with Crippen molar-refractivity contribution in [1.82, 2.24) is 15.2 Å². The summed E-state index contributed by atoms with van der Waals surface area (Å²) in [6, 6.07) is 1.81. The van der Waals surface area contributed by atoms with Crippen molar-refractivity contribution in [2.45, 2.75) is 17.6 Å². The van der Waals surface area contributed by atoms with Crippen LogP contribution in [-0.2, 0) is 19.2 Å². The summed E-state index contributed by atoms with van der Waals surface area (Å²) in [6.07, 6.45) is -5.08. The third-order valence-corrected chi connectivity index (χ3v) is 7.18. The number of β-lactam (4-membered cyclic amide) rings is 1. The number of benzene rings is 1. The van der Waals surface area contributed by atoms with Crippen molar-refractivity contribution in [3.05, 3.63) is 52.2 Å². The number of anilines is 1. The number of aromatic nitrogens is 1. The lowest BCUT2D eigenvalue weighted by molar-refractivity contribution is -0.192. The molecule has 3 heterocycles. The number of rotatable bonds is 7.